The van der Waals surface area contributed by atoms with Gasteiger partial charge in [0, 0.05) is 12.1 Å². The largest absolute Gasteiger partial charge is 0.475 e. The highest BCUT2D eigenvalue weighted by atomic mass is 16.5. The summed E-state index contributed by atoms with van der Waals surface area (Å²) in [4.78, 5) is 17.8. The summed E-state index contributed by atoms with van der Waals surface area (Å²) in [5, 5.41) is 2.38. The monoisotopic (exact) mass is 444 g/mol. The second kappa shape index (κ2) is 9.96. The molecule has 4 rings (SSSR count). The van der Waals surface area contributed by atoms with Crippen LogP contribution in [0.5, 0.6) is 5.75 Å². The summed E-state index contributed by atoms with van der Waals surface area (Å²) in [6, 6.07) is 18.9. The van der Waals surface area contributed by atoms with Crippen molar-refractivity contribution in [2.75, 3.05) is 13.6 Å². The number of fused-ring (bicyclic) bond motifs is 2. The molecule has 0 radical (unpaired) electrons. The number of rotatable bonds is 8. The Morgan fingerprint density at radius 2 is 1.73 bits per heavy atom. The first kappa shape index (κ1) is 23.3. The molecule has 0 saturated carbocycles. The predicted molar refractivity (Wildman–Crippen MR) is 136 cm³/mol. The molecule has 1 aliphatic rings. The van der Waals surface area contributed by atoms with Gasteiger partial charge in [-0.3, -0.25) is 9.69 Å². The molecule has 0 saturated heterocycles. The highest BCUT2D eigenvalue weighted by molar-refractivity contribution is 5.97. The van der Waals surface area contributed by atoms with E-state index >= 15 is 0 Å². The van der Waals surface area contributed by atoms with Crippen molar-refractivity contribution in [1.82, 2.24) is 9.80 Å². The minimum absolute atomic E-state index is 0.00994. The lowest BCUT2D eigenvalue weighted by molar-refractivity contribution is -0.0434. The van der Waals surface area contributed by atoms with E-state index in [1.54, 1.807) is 0 Å². The van der Waals surface area contributed by atoms with Crippen LogP contribution in [0.4, 0.5) is 0 Å². The summed E-state index contributed by atoms with van der Waals surface area (Å²) in [7, 11) is 2.10. The number of aryl methyl sites for hydroxylation is 2. The van der Waals surface area contributed by atoms with Gasteiger partial charge in [-0.15, -0.1) is 0 Å². The van der Waals surface area contributed by atoms with Gasteiger partial charge in [0.05, 0.1) is 6.17 Å². The van der Waals surface area contributed by atoms with E-state index in [9.17, 15) is 4.79 Å². The van der Waals surface area contributed by atoms with Crippen molar-refractivity contribution in [3.8, 4) is 5.75 Å². The highest BCUT2D eigenvalue weighted by Gasteiger charge is 2.34. The van der Waals surface area contributed by atoms with Gasteiger partial charge in [0.1, 0.15) is 5.75 Å². The molecule has 0 spiro atoms. The van der Waals surface area contributed by atoms with Gasteiger partial charge >= 0.3 is 0 Å². The van der Waals surface area contributed by atoms with Crippen molar-refractivity contribution in [2.45, 2.75) is 65.8 Å². The molecule has 0 N–H and O–H groups in total. The minimum atomic E-state index is -0.102. The maximum atomic E-state index is 13.5. The summed E-state index contributed by atoms with van der Waals surface area (Å²) in [5.41, 5.74) is 4.47. The van der Waals surface area contributed by atoms with Crippen LogP contribution in [0.15, 0.2) is 54.6 Å². The fraction of sp³-hybridized carbons (Fsp3) is 0.414. The van der Waals surface area contributed by atoms with Crippen molar-refractivity contribution < 1.29 is 9.53 Å². The smallest absolute Gasteiger partial charge is 0.255 e. The van der Waals surface area contributed by atoms with E-state index in [0.717, 1.165) is 43.5 Å². The maximum Gasteiger partial charge on any atom is 0.255 e. The van der Waals surface area contributed by atoms with E-state index in [0.29, 0.717) is 0 Å². The number of hydrogen-bond acceptors (Lipinski definition) is 3. The third kappa shape index (κ3) is 4.77. The molecule has 2 atom stereocenters. The molecule has 1 heterocycles. The second-order valence-electron chi connectivity index (χ2n) is 9.27. The van der Waals surface area contributed by atoms with Crippen LogP contribution in [0.1, 0.15) is 60.2 Å². The molecule has 1 aliphatic heterocycles. The van der Waals surface area contributed by atoms with Crippen LogP contribution in [0.25, 0.3) is 10.8 Å². The molecule has 0 aromatic heterocycles. The molecular formula is C29H36N2O2. The zero-order chi connectivity index (χ0) is 23.5. The molecular weight excluding hydrogens is 408 g/mol. The van der Waals surface area contributed by atoms with Crippen molar-refractivity contribution in [3.63, 3.8) is 0 Å². The molecule has 2 unspecified atom stereocenters. The minimum Gasteiger partial charge on any atom is -0.475 e. The molecule has 1 amide bonds. The van der Waals surface area contributed by atoms with Crippen LogP contribution >= 0.6 is 0 Å². The van der Waals surface area contributed by atoms with Crippen molar-refractivity contribution in [3.05, 3.63) is 76.9 Å². The van der Waals surface area contributed by atoms with Gasteiger partial charge in [-0.1, -0.05) is 56.7 Å². The predicted octanol–water partition coefficient (Wildman–Crippen LogP) is 6.33. The van der Waals surface area contributed by atoms with Crippen LogP contribution in [0, 0.1) is 13.8 Å². The van der Waals surface area contributed by atoms with E-state index in [1.807, 2.05) is 11.0 Å². The number of benzene rings is 3. The number of nitrogens with zero attached hydrogens (tertiary/aromatic N) is 2. The van der Waals surface area contributed by atoms with E-state index < -0.39 is 0 Å². The van der Waals surface area contributed by atoms with E-state index in [-0.39, 0.29) is 18.3 Å². The van der Waals surface area contributed by atoms with Gasteiger partial charge in [0.25, 0.3) is 5.91 Å². The quantitative estimate of drug-likeness (QED) is 0.381. The van der Waals surface area contributed by atoms with Crippen LogP contribution in [0.2, 0.25) is 0 Å². The second-order valence-corrected chi connectivity index (χ2v) is 9.27. The molecule has 4 heteroatoms. The van der Waals surface area contributed by atoms with Crippen LogP contribution in [-0.2, 0) is 6.42 Å². The van der Waals surface area contributed by atoms with Gasteiger partial charge in [0.15, 0.2) is 6.23 Å². The van der Waals surface area contributed by atoms with Crippen LogP contribution < -0.4 is 4.74 Å². The Hall–Kier alpha value is -2.85. The van der Waals surface area contributed by atoms with Crippen molar-refractivity contribution >= 4 is 16.7 Å². The molecule has 33 heavy (non-hydrogen) atoms. The number of amides is 1. The highest BCUT2D eigenvalue weighted by Crippen LogP contribution is 2.28. The van der Waals surface area contributed by atoms with Gasteiger partial charge in [-0.25, -0.2) is 0 Å². The molecule has 4 nitrogen and oxygen atoms in total. The zero-order valence-electron chi connectivity index (χ0n) is 20.6. The number of carbonyl (C=O) groups is 1. The Bertz CT molecular complexity index is 1140. The average molecular weight is 445 g/mol. The molecule has 0 aliphatic carbocycles. The van der Waals surface area contributed by atoms with Gasteiger partial charge in [-0.2, -0.15) is 0 Å². The van der Waals surface area contributed by atoms with E-state index in [1.165, 1.54) is 27.5 Å². The van der Waals surface area contributed by atoms with Gasteiger partial charge in [0.2, 0.25) is 0 Å². The molecule has 3 aromatic carbocycles. The fourth-order valence-corrected chi connectivity index (χ4v) is 4.97. The molecule has 0 fully saturated rings. The molecule has 3 aromatic rings. The SMILES string of the molecule is CCCC(Oc1ccc2ccccc2c1)N(C)C(CC)N1CCc2cc(C)c(C)cc2C1=O. The third-order valence-electron chi connectivity index (χ3n) is 7.01. The summed E-state index contributed by atoms with van der Waals surface area (Å²) in [6.07, 6.45) is 3.55. The lowest BCUT2D eigenvalue weighted by Gasteiger charge is -2.43. The standard InChI is InChI=1S/C29H36N2O2/c1-6-10-28(33-25-14-13-22-11-8-9-12-23(22)19-25)30(5)27(7-2)31-16-15-24-17-20(3)21(4)18-26(24)29(31)32/h8-9,11-14,17-19,27-28H,6-7,10,15-16H2,1-5H3. The maximum absolute atomic E-state index is 13.5. The first-order valence-corrected chi connectivity index (χ1v) is 12.2. The summed E-state index contributed by atoms with van der Waals surface area (Å²) < 4.78 is 6.53. The normalized spacial score (nSPS) is 15.6. The lowest BCUT2D eigenvalue weighted by Crippen LogP contribution is -2.55. The Balaban J connectivity index is 1.57. The number of ether oxygens (including phenoxy) is 1. The molecule has 174 valence electrons. The summed E-state index contributed by atoms with van der Waals surface area (Å²) >= 11 is 0. The topological polar surface area (TPSA) is 32.8 Å². The van der Waals surface area contributed by atoms with Crippen molar-refractivity contribution in [2.24, 2.45) is 0 Å². The van der Waals surface area contributed by atoms with Gasteiger partial charge < -0.3 is 9.64 Å². The number of carbonyl (C=O) groups excluding carboxylic acids is 1. The van der Waals surface area contributed by atoms with Crippen LogP contribution in [-0.4, -0.2) is 41.7 Å². The number of hydrogen-bond donors (Lipinski definition) is 0. The average Bonchev–Trinajstić information content (AvgIpc) is 2.82. The van der Waals surface area contributed by atoms with Gasteiger partial charge in [-0.05, 0) is 85.8 Å². The zero-order valence-corrected chi connectivity index (χ0v) is 20.6. The Morgan fingerprint density at radius 3 is 2.45 bits per heavy atom. The summed E-state index contributed by atoms with van der Waals surface area (Å²) in [5.74, 6) is 1.01. The van der Waals surface area contributed by atoms with Crippen LogP contribution in [0.3, 0.4) is 0 Å². The third-order valence-corrected chi connectivity index (χ3v) is 7.01. The first-order chi connectivity index (χ1) is 15.9. The Kier molecular flexibility index (Phi) is 7.04. The lowest BCUT2D eigenvalue weighted by atomic mass is 9.93. The fourth-order valence-electron chi connectivity index (χ4n) is 4.97. The Labute approximate surface area is 198 Å². The summed E-state index contributed by atoms with van der Waals surface area (Å²) in [6.45, 7) is 9.28. The van der Waals surface area contributed by atoms with Crippen molar-refractivity contribution in [1.29, 1.82) is 0 Å². The van der Waals surface area contributed by atoms with E-state index in [2.05, 4.69) is 88.2 Å². The van der Waals surface area contributed by atoms with E-state index in [4.69, 9.17) is 4.74 Å². The molecule has 0 bridgehead atoms. The first-order valence-electron chi connectivity index (χ1n) is 12.2. The Morgan fingerprint density at radius 1 is 1.00 bits per heavy atom.